The smallest absolute Gasteiger partial charge is 0.350 e. The molecule has 0 N–H and O–H groups in total. The van der Waals surface area contributed by atoms with E-state index >= 15 is 0 Å². The van der Waals surface area contributed by atoms with Crippen LogP contribution in [-0.4, -0.2) is 21.9 Å². The molecule has 0 aromatic heterocycles. The molecule has 0 aliphatic rings. The van der Waals surface area contributed by atoms with Crippen molar-refractivity contribution < 1.29 is 142 Å². The summed E-state index contributed by atoms with van der Waals surface area (Å²) in [6.45, 7) is 0. The average molecular weight is 308 g/mol. The van der Waals surface area contributed by atoms with Crippen molar-refractivity contribution in [3.8, 4) is 0 Å². The fourth-order valence-corrected chi connectivity index (χ4v) is 0.490. The van der Waals surface area contributed by atoms with E-state index in [4.69, 9.17) is 0 Å². The van der Waals surface area contributed by atoms with Crippen molar-refractivity contribution in [2.45, 2.75) is 11.7 Å². The van der Waals surface area contributed by atoms with Gasteiger partial charge in [-0.1, -0.05) is 0 Å². The zero-order valence-corrected chi connectivity index (χ0v) is 14.5. The summed E-state index contributed by atoms with van der Waals surface area (Å²) in [6, 6.07) is 0. The van der Waals surface area contributed by atoms with Gasteiger partial charge in [-0.15, -0.1) is 0 Å². The van der Waals surface area contributed by atoms with Crippen LogP contribution in [0.5, 0.6) is 0 Å². The quantitative estimate of drug-likeness (QED) is 0.361. The molecule has 0 aliphatic carbocycles. The van der Waals surface area contributed by atoms with Crippen LogP contribution in [-0.2, 0) is 20.1 Å². The fourth-order valence-electron chi connectivity index (χ4n) is 0.163. The van der Waals surface area contributed by atoms with Crippen LogP contribution in [0.25, 0.3) is 0 Å². The number of hydrogen-bond donors (Lipinski definition) is 0. The van der Waals surface area contributed by atoms with Crippen molar-refractivity contribution in [2.75, 3.05) is 0 Å². The van der Waals surface area contributed by atoms with Gasteiger partial charge in [-0.3, -0.25) is 0 Å². The molecule has 0 radical (unpaired) electrons. The molecule has 0 aliphatic heterocycles. The van der Waals surface area contributed by atoms with Crippen molar-refractivity contribution in [1.82, 2.24) is 0 Å². The molecule has 1 atom stereocenters. The van der Waals surface area contributed by atoms with Crippen molar-refractivity contribution in [2.24, 2.45) is 0 Å². The van der Waals surface area contributed by atoms with Gasteiger partial charge in [0, 0.05) is 0 Å². The Hall–Kier alpha value is 2.47. The number of alkyl halides is 6. The largest absolute Gasteiger partial charge is 1.00 e. The molecule has 0 bridgehead atoms. The number of carbonyl (C=O) groups is 1. The first kappa shape index (κ1) is 22.6. The number of halogens is 6. The SMILES string of the molecule is O=C(OS(=O)C(F)(F)F)C(F)(F)F.[K+].[K+]. The van der Waals surface area contributed by atoms with Crippen LogP contribution in [0, 0.1) is 0 Å². The van der Waals surface area contributed by atoms with Crippen LogP contribution in [0.3, 0.4) is 0 Å². The standard InChI is InChI=1S/C3F6O3S.2K/c4-2(5,6)1(10)12-13(11)3(7,8)9;;/q;2*+1. The van der Waals surface area contributed by atoms with E-state index in [1.165, 1.54) is 0 Å². The maximum atomic E-state index is 11.3. The van der Waals surface area contributed by atoms with E-state index < -0.39 is 28.7 Å². The number of carbonyl (C=O) groups excluding carboxylic acids is 1. The second kappa shape index (κ2) is 8.55. The molecule has 1 unspecified atom stereocenters. The fraction of sp³-hybridized carbons (Fsp3) is 0.667. The first-order chi connectivity index (χ1) is 5.55. The maximum Gasteiger partial charge on any atom is 1.00 e. The second-order valence-corrected chi connectivity index (χ2v) is 2.65. The summed E-state index contributed by atoms with van der Waals surface area (Å²) in [6.07, 6.45) is -5.60. The van der Waals surface area contributed by atoms with Gasteiger partial charge in [0.2, 0.25) is 0 Å². The van der Waals surface area contributed by atoms with Crippen LogP contribution in [0.15, 0.2) is 0 Å². The molecule has 0 aromatic rings. The van der Waals surface area contributed by atoms with Gasteiger partial charge in [-0.05, 0) is 0 Å². The summed E-state index contributed by atoms with van der Waals surface area (Å²) in [4.78, 5) is 9.68. The Kier molecular flexibility index (Phi) is 12.9. The third-order valence-electron chi connectivity index (χ3n) is 0.572. The van der Waals surface area contributed by atoms with E-state index in [2.05, 4.69) is 4.18 Å². The Morgan fingerprint density at radius 2 is 1.33 bits per heavy atom. The first-order valence-corrected chi connectivity index (χ1v) is 3.40. The van der Waals surface area contributed by atoms with Gasteiger partial charge in [0.05, 0.1) is 0 Å². The zero-order chi connectivity index (χ0) is 10.9. The summed E-state index contributed by atoms with van der Waals surface area (Å²) in [5, 5.41) is 0. The molecule has 0 heterocycles. The van der Waals surface area contributed by atoms with Crippen molar-refractivity contribution in [1.29, 1.82) is 0 Å². The Morgan fingerprint density at radius 3 is 1.53 bits per heavy atom. The molecule has 0 fully saturated rings. The summed E-state index contributed by atoms with van der Waals surface area (Å²) in [5.74, 6) is -3.15. The molecular formula is C3F6K2O3S+2. The normalized spacial score (nSPS) is 13.2. The van der Waals surface area contributed by atoms with Gasteiger partial charge in [-0.25, -0.2) is 9.00 Å². The molecule has 0 aromatic carbocycles. The van der Waals surface area contributed by atoms with Gasteiger partial charge in [0.1, 0.15) is 0 Å². The van der Waals surface area contributed by atoms with Crippen LogP contribution >= 0.6 is 0 Å². The van der Waals surface area contributed by atoms with Gasteiger partial charge in [0.25, 0.3) is 0 Å². The van der Waals surface area contributed by atoms with Gasteiger partial charge >= 0.3 is 132 Å². The Balaban J connectivity index is -0.000000720. The minimum atomic E-state index is -5.60. The topological polar surface area (TPSA) is 43.4 Å². The Labute approximate surface area is 167 Å². The molecule has 0 rings (SSSR count). The predicted molar refractivity (Wildman–Crippen MR) is 26.3 cm³/mol. The van der Waals surface area contributed by atoms with Crippen LogP contribution in [0.2, 0.25) is 0 Å². The van der Waals surface area contributed by atoms with Crippen LogP contribution in [0.4, 0.5) is 26.3 Å². The van der Waals surface area contributed by atoms with Crippen LogP contribution in [0.1, 0.15) is 0 Å². The van der Waals surface area contributed by atoms with E-state index in [1.807, 2.05) is 0 Å². The minimum absolute atomic E-state index is 0. The minimum Gasteiger partial charge on any atom is -0.350 e. The molecule has 0 amide bonds. The second-order valence-electron chi connectivity index (χ2n) is 1.55. The average Bonchev–Trinajstić information content (AvgIpc) is 1.82. The van der Waals surface area contributed by atoms with Crippen molar-refractivity contribution >= 4 is 17.0 Å². The molecule has 12 heteroatoms. The molecule has 0 saturated heterocycles. The molecule has 0 spiro atoms. The van der Waals surface area contributed by atoms with Gasteiger partial charge < -0.3 is 4.18 Å². The van der Waals surface area contributed by atoms with E-state index in [0.29, 0.717) is 0 Å². The molecule has 3 nitrogen and oxygen atoms in total. The summed E-state index contributed by atoms with van der Waals surface area (Å²) < 4.78 is 79.8. The van der Waals surface area contributed by atoms with Crippen LogP contribution < -0.4 is 103 Å². The third-order valence-corrected chi connectivity index (χ3v) is 1.25. The van der Waals surface area contributed by atoms with Gasteiger partial charge in [-0.2, -0.15) is 26.3 Å². The Morgan fingerprint density at radius 1 is 1.00 bits per heavy atom. The molecule has 15 heavy (non-hydrogen) atoms. The van der Waals surface area contributed by atoms with Crippen molar-refractivity contribution in [3.05, 3.63) is 0 Å². The zero-order valence-electron chi connectivity index (χ0n) is 7.40. The van der Waals surface area contributed by atoms with E-state index in [-0.39, 0.29) is 103 Å². The molecule has 78 valence electrons. The summed E-state index contributed by atoms with van der Waals surface area (Å²) in [5.41, 5.74) is -5.51. The maximum absolute atomic E-state index is 11.3. The number of hydrogen-bond acceptors (Lipinski definition) is 3. The van der Waals surface area contributed by atoms with E-state index in [9.17, 15) is 35.3 Å². The molecular weight excluding hydrogens is 308 g/mol. The Bertz CT molecular complexity index is 213. The summed E-state index contributed by atoms with van der Waals surface area (Å²) in [7, 11) is 0. The number of rotatable bonds is 1. The van der Waals surface area contributed by atoms with Gasteiger partial charge in [0.15, 0.2) is 0 Å². The van der Waals surface area contributed by atoms with E-state index in [1.54, 1.807) is 0 Å². The summed E-state index contributed by atoms with van der Waals surface area (Å²) >= 11 is -4.28. The third kappa shape index (κ3) is 10.1. The monoisotopic (exact) mass is 308 g/mol. The molecule has 0 saturated carbocycles. The van der Waals surface area contributed by atoms with Crippen molar-refractivity contribution in [3.63, 3.8) is 0 Å². The first-order valence-electron chi connectivity index (χ1n) is 2.33. The predicted octanol–water partition coefficient (Wildman–Crippen LogP) is -4.72. The van der Waals surface area contributed by atoms with E-state index in [0.717, 1.165) is 0 Å².